The first-order chi connectivity index (χ1) is 12.8. The molecule has 2 unspecified atom stereocenters. The molecular formula is C22H34O6. The van der Waals surface area contributed by atoms with Crippen LogP contribution in [0, 0.1) is 10.8 Å². The van der Waals surface area contributed by atoms with Crippen molar-refractivity contribution in [2.75, 3.05) is 13.2 Å². The van der Waals surface area contributed by atoms with Gasteiger partial charge in [-0.2, -0.15) is 0 Å². The van der Waals surface area contributed by atoms with Crippen LogP contribution in [0.5, 0.6) is 0 Å². The zero-order chi connectivity index (χ0) is 21.5. The standard InChI is InChI=1S/C22H34O6/c1-21(2,3)11-17(23)13-27-19(25)15-7-9-16(10-8-15)20(26)28-14-18(24)12-22(4,5)6/h7-10,17-18,23-24H,11-14H2,1-6H3. The van der Waals surface area contributed by atoms with Gasteiger partial charge in [-0.25, -0.2) is 9.59 Å². The van der Waals surface area contributed by atoms with Gasteiger partial charge in [-0.1, -0.05) is 41.5 Å². The lowest BCUT2D eigenvalue weighted by Crippen LogP contribution is -2.24. The molecule has 0 heterocycles. The second-order valence-corrected chi connectivity index (χ2v) is 9.61. The molecule has 1 rings (SSSR count). The number of ether oxygens (including phenoxy) is 2. The fourth-order valence-corrected chi connectivity index (χ4v) is 2.78. The van der Waals surface area contributed by atoms with Crippen LogP contribution in [0.3, 0.4) is 0 Å². The lowest BCUT2D eigenvalue weighted by molar-refractivity contribution is 0.0147. The van der Waals surface area contributed by atoms with Crippen LogP contribution in [0.2, 0.25) is 0 Å². The van der Waals surface area contributed by atoms with Crippen molar-refractivity contribution in [3.8, 4) is 0 Å². The number of aliphatic hydroxyl groups excluding tert-OH is 2. The maximum absolute atomic E-state index is 12.1. The van der Waals surface area contributed by atoms with Gasteiger partial charge < -0.3 is 19.7 Å². The van der Waals surface area contributed by atoms with Crippen LogP contribution in [0.4, 0.5) is 0 Å². The first kappa shape index (κ1) is 24.1. The van der Waals surface area contributed by atoms with E-state index in [9.17, 15) is 19.8 Å². The molecule has 0 aliphatic rings. The zero-order valence-corrected chi connectivity index (χ0v) is 17.8. The zero-order valence-electron chi connectivity index (χ0n) is 17.8. The van der Waals surface area contributed by atoms with E-state index in [4.69, 9.17) is 9.47 Å². The highest BCUT2D eigenvalue weighted by Gasteiger charge is 2.20. The fourth-order valence-electron chi connectivity index (χ4n) is 2.78. The highest BCUT2D eigenvalue weighted by molar-refractivity contribution is 5.93. The third kappa shape index (κ3) is 9.85. The molecule has 0 fully saturated rings. The Bertz CT molecular complexity index is 579. The summed E-state index contributed by atoms with van der Waals surface area (Å²) in [6.45, 7) is 11.8. The first-order valence-corrected chi connectivity index (χ1v) is 9.57. The van der Waals surface area contributed by atoms with E-state index in [1.165, 1.54) is 24.3 Å². The summed E-state index contributed by atoms with van der Waals surface area (Å²) < 4.78 is 10.2. The molecule has 0 saturated carbocycles. The molecule has 0 amide bonds. The summed E-state index contributed by atoms with van der Waals surface area (Å²) in [6.07, 6.45) is -0.409. The van der Waals surface area contributed by atoms with Crippen molar-refractivity contribution in [2.45, 2.75) is 66.6 Å². The molecule has 2 atom stereocenters. The van der Waals surface area contributed by atoms with Gasteiger partial charge in [0.1, 0.15) is 13.2 Å². The third-order valence-electron chi connectivity index (χ3n) is 3.87. The van der Waals surface area contributed by atoms with Crippen molar-refractivity contribution in [3.05, 3.63) is 35.4 Å². The average Bonchev–Trinajstić information content (AvgIpc) is 2.54. The number of carbonyl (C=O) groups is 2. The maximum Gasteiger partial charge on any atom is 0.338 e. The Kier molecular flexibility index (Phi) is 8.64. The van der Waals surface area contributed by atoms with Crippen LogP contribution in [0.25, 0.3) is 0 Å². The topological polar surface area (TPSA) is 93.1 Å². The number of esters is 2. The van der Waals surface area contributed by atoms with E-state index in [0.29, 0.717) is 12.8 Å². The number of aliphatic hydroxyl groups is 2. The molecule has 0 aromatic heterocycles. The summed E-state index contributed by atoms with van der Waals surface area (Å²) in [5.74, 6) is -1.12. The molecule has 0 saturated heterocycles. The second kappa shape index (κ2) is 10.0. The van der Waals surface area contributed by atoms with Crippen molar-refractivity contribution in [1.82, 2.24) is 0 Å². The van der Waals surface area contributed by atoms with E-state index >= 15 is 0 Å². The minimum Gasteiger partial charge on any atom is -0.459 e. The average molecular weight is 395 g/mol. The monoisotopic (exact) mass is 394 g/mol. The normalized spacial score (nSPS) is 14.3. The summed E-state index contributed by atoms with van der Waals surface area (Å²) in [4.78, 5) is 24.1. The number of carbonyl (C=O) groups excluding carboxylic acids is 2. The van der Waals surface area contributed by atoms with E-state index < -0.39 is 24.1 Å². The maximum atomic E-state index is 12.1. The lowest BCUT2D eigenvalue weighted by Gasteiger charge is -2.22. The molecule has 0 aliphatic carbocycles. The second-order valence-electron chi connectivity index (χ2n) is 9.61. The first-order valence-electron chi connectivity index (χ1n) is 9.57. The van der Waals surface area contributed by atoms with Gasteiger partial charge in [-0.15, -0.1) is 0 Å². The Labute approximate surface area is 167 Å². The van der Waals surface area contributed by atoms with Gasteiger partial charge in [-0.3, -0.25) is 0 Å². The molecular weight excluding hydrogens is 360 g/mol. The van der Waals surface area contributed by atoms with Gasteiger partial charge in [-0.05, 0) is 47.9 Å². The summed E-state index contributed by atoms with van der Waals surface area (Å²) in [6, 6.07) is 5.89. The molecule has 28 heavy (non-hydrogen) atoms. The van der Waals surface area contributed by atoms with E-state index in [0.717, 1.165) is 0 Å². The van der Waals surface area contributed by atoms with Crippen LogP contribution < -0.4 is 0 Å². The number of benzene rings is 1. The third-order valence-corrected chi connectivity index (χ3v) is 3.87. The molecule has 0 bridgehead atoms. The Balaban J connectivity index is 2.51. The van der Waals surface area contributed by atoms with E-state index in [-0.39, 0.29) is 35.2 Å². The van der Waals surface area contributed by atoms with Gasteiger partial charge in [0.2, 0.25) is 0 Å². The molecule has 2 N–H and O–H groups in total. The van der Waals surface area contributed by atoms with Crippen LogP contribution in [0.1, 0.15) is 75.1 Å². The molecule has 0 spiro atoms. The lowest BCUT2D eigenvalue weighted by atomic mass is 9.89. The Morgan fingerprint density at radius 1 is 0.750 bits per heavy atom. The Morgan fingerprint density at radius 2 is 1.04 bits per heavy atom. The van der Waals surface area contributed by atoms with Crippen LogP contribution in [-0.4, -0.2) is 47.6 Å². The SMILES string of the molecule is CC(C)(C)CC(O)COC(=O)c1ccc(C(=O)OCC(O)CC(C)(C)C)cc1. The molecule has 1 aromatic carbocycles. The van der Waals surface area contributed by atoms with Gasteiger partial charge >= 0.3 is 11.9 Å². The number of hydrogen-bond donors (Lipinski definition) is 2. The van der Waals surface area contributed by atoms with Crippen LogP contribution >= 0.6 is 0 Å². The van der Waals surface area contributed by atoms with Crippen LogP contribution in [0.15, 0.2) is 24.3 Å². The minimum atomic E-state index is -0.724. The van der Waals surface area contributed by atoms with E-state index in [1.807, 2.05) is 41.5 Å². The molecule has 0 aliphatic heterocycles. The van der Waals surface area contributed by atoms with Gasteiger partial charge in [0.25, 0.3) is 0 Å². The largest absolute Gasteiger partial charge is 0.459 e. The highest BCUT2D eigenvalue weighted by atomic mass is 16.5. The summed E-state index contributed by atoms with van der Waals surface area (Å²) in [5, 5.41) is 19.8. The smallest absolute Gasteiger partial charge is 0.338 e. The molecule has 1 aromatic rings. The predicted molar refractivity (Wildman–Crippen MR) is 107 cm³/mol. The van der Waals surface area contributed by atoms with Gasteiger partial charge in [0, 0.05) is 0 Å². The quantitative estimate of drug-likeness (QED) is 0.655. The highest BCUT2D eigenvalue weighted by Crippen LogP contribution is 2.22. The van der Waals surface area contributed by atoms with Crippen molar-refractivity contribution in [2.24, 2.45) is 10.8 Å². The summed E-state index contributed by atoms with van der Waals surface area (Å²) >= 11 is 0. The molecule has 6 heteroatoms. The summed E-state index contributed by atoms with van der Waals surface area (Å²) in [7, 11) is 0. The van der Waals surface area contributed by atoms with E-state index in [1.54, 1.807) is 0 Å². The Morgan fingerprint density at radius 3 is 1.29 bits per heavy atom. The molecule has 158 valence electrons. The van der Waals surface area contributed by atoms with Gasteiger partial charge in [0.15, 0.2) is 0 Å². The number of hydrogen-bond acceptors (Lipinski definition) is 6. The Hall–Kier alpha value is -1.92. The molecule has 6 nitrogen and oxygen atoms in total. The predicted octanol–water partition coefficient (Wildman–Crippen LogP) is 3.59. The van der Waals surface area contributed by atoms with Crippen molar-refractivity contribution in [3.63, 3.8) is 0 Å². The van der Waals surface area contributed by atoms with Gasteiger partial charge in [0.05, 0.1) is 23.3 Å². The van der Waals surface area contributed by atoms with Crippen LogP contribution in [-0.2, 0) is 9.47 Å². The van der Waals surface area contributed by atoms with Crippen molar-refractivity contribution >= 4 is 11.9 Å². The van der Waals surface area contributed by atoms with E-state index in [2.05, 4.69) is 0 Å². The van der Waals surface area contributed by atoms with Crippen molar-refractivity contribution in [1.29, 1.82) is 0 Å². The summed E-state index contributed by atoms with van der Waals surface area (Å²) in [5.41, 5.74) is 0.447. The fraction of sp³-hybridized carbons (Fsp3) is 0.636. The number of rotatable bonds is 8. The van der Waals surface area contributed by atoms with Crippen molar-refractivity contribution < 1.29 is 29.3 Å². The minimum absolute atomic E-state index is 0.0612. The molecule has 0 radical (unpaired) electrons.